The number of Topliss-reactive ketones (excluding diaryl/α,β-unsaturated/α-hetero) is 1. The Hall–Kier alpha value is -1.64. The molecular formula is C12H13NO2. The predicted octanol–water partition coefficient (Wildman–Crippen LogP) is 2.54. The van der Waals surface area contributed by atoms with Crippen molar-refractivity contribution in [2.75, 3.05) is 7.11 Å². The third-order valence-electron chi connectivity index (χ3n) is 2.66. The van der Waals surface area contributed by atoms with Gasteiger partial charge in [-0.05, 0) is 18.6 Å². The molecule has 78 valence electrons. The Morgan fingerprint density at radius 2 is 2.13 bits per heavy atom. The summed E-state index contributed by atoms with van der Waals surface area (Å²) in [5.74, 6) is 0.645. The van der Waals surface area contributed by atoms with Gasteiger partial charge < -0.3 is 4.74 Å². The highest BCUT2D eigenvalue weighted by molar-refractivity contribution is 6.13. The van der Waals surface area contributed by atoms with Crippen LogP contribution in [0.1, 0.15) is 22.8 Å². The Morgan fingerprint density at radius 1 is 1.40 bits per heavy atom. The minimum absolute atomic E-state index is 0.122. The zero-order chi connectivity index (χ0) is 11.0. The molecule has 15 heavy (non-hydrogen) atoms. The smallest absolute Gasteiger partial charge is 0.173 e. The van der Waals surface area contributed by atoms with Crippen LogP contribution >= 0.6 is 0 Å². The van der Waals surface area contributed by atoms with Crippen molar-refractivity contribution in [1.29, 1.82) is 0 Å². The second kappa shape index (κ2) is 3.50. The van der Waals surface area contributed by atoms with E-state index in [1.165, 1.54) is 0 Å². The summed E-state index contributed by atoms with van der Waals surface area (Å²) in [6.45, 7) is 3.78. The quantitative estimate of drug-likeness (QED) is 0.703. The van der Waals surface area contributed by atoms with Crippen LogP contribution in [0.2, 0.25) is 0 Å². The third kappa shape index (κ3) is 1.44. The van der Waals surface area contributed by atoms with Crippen LogP contribution in [-0.4, -0.2) is 19.1 Å². The largest absolute Gasteiger partial charge is 0.494 e. The number of carbonyl (C=O) groups is 1. The molecule has 1 aromatic carbocycles. The average molecular weight is 203 g/mol. The van der Waals surface area contributed by atoms with Gasteiger partial charge in [-0.25, -0.2) is 0 Å². The molecule has 0 amide bonds. The number of carbonyl (C=O) groups excluding carboxylic acids is 1. The normalized spacial score (nSPS) is 18.9. The summed E-state index contributed by atoms with van der Waals surface area (Å²) in [5.41, 5.74) is 2.32. The molecule has 1 heterocycles. The summed E-state index contributed by atoms with van der Waals surface area (Å²) < 4.78 is 5.19. The molecule has 0 radical (unpaired) electrons. The second-order valence-corrected chi connectivity index (χ2v) is 3.74. The molecule has 3 heteroatoms. The maximum Gasteiger partial charge on any atom is 0.173 e. The third-order valence-corrected chi connectivity index (χ3v) is 2.66. The molecule has 0 spiro atoms. The van der Waals surface area contributed by atoms with Crippen molar-refractivity contribution in [2.45, 2.75) is 13.8 Å². The van der Waals surface area contributed by atoms with Crippen LogP contribution in [-0.2, 0) is 0 Å². The van der Waals surface area contributed by atoms with Gasteiger partial charge in [0.1, 0.15) is 11.4 Å². The monoisotopic (exact) mass is 203 g/mol. The van der Waals surface area contributed by atoms with Gasteiger partial charge in [0.15, 0.2) is 5.78 Å². The van der Waals surface area contributed by atoms with Crippen molar-refractivity contribution in [1.82, 2.24) is 0 Å². The number of hydrogen-bond acceptors (Lipinski definition) is 3. The molecule has 1 aromatic rings. The number of hydrogen-bond donors (Lipinski definition) is 0. The molecule has 0 aliphatic carbocycles. The first kappa shape index (κ1) is 9.90. The molecule has 1 aliphatic heterocycles. The lowest BCUT2D eigenvalue weighted by Crippen LogP contribution is -2.17. The van der Waals surface area contributed by atoms with Crippen molar-refractivity contribution < 1.29 is 9.53 Å². The number of nitrogens with zero attached hydrogens (tertiary/aromatic N) is 1. The van der Waals surface area contributed by atoms with Gasteiger partial charge in [-0.1, -0.05) is 13.0 Å². The molecule has 0 bridgehead atoms. The summed E-state index contributed by atoms with van der Waals surface area (Å²) in [5, 5.41) is 0. The van der Waals surface area contributed by atoms with Gasteiger partial charge in [0.05, 0.1) is 18.6 Å². The topological polar surface area (TPSA) is 38.7 Å². The summed E-state index contributed by atoms with van der Waals surface area (Å²) in [7, 11) is 1.59. The Balaban J connectivity index is 2.69. The predicted molar refractivity (Wildman–Crippen MR) is 59.4 cm³/mol. The number of methoxy groups -OCH3 is 1. The number of aryl methyl sites for hydroxylation is 1. The highest BCUT2D eigenvalue weighted by atomic mass is 16.5. The molecular weight excluding hydrogens is 190 g/mol. The first-order chi connectivity index (χ1) is 7.15. The average Bonchev–Trinajstić information content (AvgIpc) is 2.24. The van der Waals surface area contributed by atoms with E-state index in [0.29, 0.717) is 17.0 Å². The number of aliphatic imine (C=N–C) groups is 1. The summed E-state index contributed by atoms with van der Waals surface area (Å²) in [6.07, 6.45) is 1.67. The van der Waals surface area contributed by atoms with E-state index in [1.807, 2.05) is 26.0 Å². The van der Waals surface area contributed by atoms with Crippen LogP contribution in [0.5, 0.6) is 5.75 Å². The Bertz CT molecular complexity index is 449. The van der Waals surface area contributed by atoms with Crippen LogP contribution in [0.15, 0.2) is 17.1 Å². The van der Waals surface area contributed by atoms with Gasteiger partial charge in [0.25, 0.3) is 0 Å². The minimum Gasteiger partial charge on any atom is -0.494 e. The number of ketones is 1. The molecule has 0 N–H and O–H groups in total. The highest BCUT2D eigenvalue weighted by Crippen LogP contribution is 2.37. The number of benzene rings is 1. The van der Waals surface area contributed by atoms with Crippen molar-refractivity contribution >= 4 is 17.7 Å². The maximum atomic E-state index is 12.0. The molecule has 1 unspecified atom stereocenters. The zero-order valence-corrected chi connectivity index (χ0v) is 9.07. The van der Waals surface area contributed by atoms with E-state index in [2.05, 4.69) is 4.99 Å². The van der Waals surface area contributed by atoms with E-state index in [-0.39, 0.29) is 11.7 Å². The lowest BCUT2D eigenvalue weighted by atomic mass is 9.92. The van der Waals surface area contributed by atoms with E-state index in [4.69, 9.17) is 4.74 Å². The zero-order valence-electron chi connectivity index (χ0n) is 9.07. The van der Waals surface area contributed by atoms with Crippen LogP contribution in [0.4, 0.5) is 5.69 Å². The Kier molecular flexibility index (Phi) is 2.31. The standard InChI is InChI=1S/C12H13NO2/c1-7-4-5-9(15-3)11-10(7)12(14)8(2)6-13-11/h4-6,8H,1-3H3. The first-order valence-corrected chi connectivity index (χ1v) is 4.91. The fourth-order valence-electron chi connectivity index (χ4n) is 1.76. The van der Waals surface area contributed by atoms with E-state index in [0.717, 1.165) is 5.56 Å². The molecule has 0 aromatic heterocycles. The first-order valence-electron chi connectivity index (χ1n) is 4.91. The highest BCUT2D eigenvalue weighted by Gasteiger charge is 2.25. The van der Waals surface area contributed by atoms with Gasteiger partial charge in [-0.3, -0.25) is 9.79 Å². The molecule has 0 fully saturated rings. The number of fused-ring (bicyclic) bond motifs is 1. The van der Waals surface area contributed by atoms with Crippen molar-refractivity contribution in [3.63, 3.8) is 0 Å². The van der Waals surface area contributed by atoms with Gasteiger partial charge in [0, 0.05) is 6.21 Å². The molecule has 2 rings (SSSR count). The molecule has 0 saturated carbocycles. The minimum atomic E-state index is -0.136. The van der Waals surface area contributed by atoms with Crippen molar-refractivity contribution in [3.8, 4) is 5.75 Å². The Labute approximate surface area is 88.8 Å². The van der Waals surface area contributed by atoms with E-state index >= 15 is 0 Å². The molecule has 1 aliphatic rings. The van der Waals surface area contributed by atoms with E-state index in [1.54, 1.807) is 13.3 Å². The van der Waals surface area contributed by atoms with Gasteiger partial charge in [0.2, 0.25) is 0 Å². The lowest BCUT2D eigenvalue weighted by Gasteiger charge is -2.18. The fraction of sp³-hybridized carbons (Fsp3) is 0.333. The van der Waals surface area contributed by atoms with Crippen LogP contribution in [0.3, 0.4) is 0 Å². The Morgan fingerprint density at radius 3 is 2.80 bits per heavy atom. The summed E-state index contributed by atoms with van der Waals surface area (Å²) >= 11 is 0. The van der Waals surface area contributed by atoms with Crippen molar-refractivity contribution in [3.05, 3.63) is 23.3 Å². The molecule has 0 saturated heterocycles. The number of rotatable bonds is 1. The van der Waals surface area contributed by atoms with Gasteiger partial charge in [-0.15, -0.1) is 0 Å². The maximum absolute atomic E-state index is 12.0. The SMILES string of the molecule is COc1ccc(C)c2c1N=CC(C)C2=O. The van der Waals surface area contributed by atoms with E-state index < -0.39 is 0 Å². The molecule has 3 nitrogen and oxygen atoms in total. The summed E-state index contributed by atoms with van der Waals surface area (Å²) in [4.78, 5) is 16.2. The van der Waals surface area contributed by atoms with Crippen molar-refractivity contribution in [2.24, 2.45) is 10.9 Å². The lowest BCUT2D eigenvalue weighted by molar-refractivity contribution is 0.0961. The van der Waals surface area contributed by atoms with E-state index in [9.17, 15) is 4.79 Å². The van der Waals surface area contributed by atoms with Crippen LogP contribution < -0.4 is 4.74 Å². The fourth-order valence-corrected chi connectivity index (χ4v) is 1.76. The second-order valence-electron chi connectivity index (χ2n) is 3.74. The molecule has 1 atom stereocenters. The van der Waals surface area contributed by atoms with Crippen LogP contribution in [0, 0.1) is 12.8 Å². The van der Waals surface area contributed by atoms with Crippen LogP contribution in [0.25, 0.3) is 0 Å². The van der Waals surface area contributed by atoms with Gasteiger partial charge >= 0.3 is 0 Å². The number of ether oxygens (including phenoxy) is 1. The summed E-state index contributed by atoms with van der Waals surface area (Å²) in [6, 6.07) is 3.73. The van der Waals surface area contributed by atoms with Gasteiger partial charge in [-0.2, -0.15) is 0 Å².